The van der Waals surface area contributed by atoms with E-state index in [0.29, 0.717) is 32.1 Å². The second kappa shape index (κ2) is 76.9. The van der Waals surface area contributed by atoms with Gasteiger partial charge in [-0.1, -0.05) is 285 Å². The van der Waals surface area contributed by atoms with Crippen LogP contribution >= 0.6 is 15.6 Å². The van der Waals surface area contributed by atoms with Crippen LogP contribution in [0.25, 0.3) is 0 Å². The normalized spacial score (nSPS) is 14.4. The maximum atomic E-state index is 13.1. The van der Waals surface area contributed by atoms with Gasteiger partial charge in [-0.2, -0.15) is 0 Å². The quantitative estimate of drug-likeness (QED) is 0.0169. The monoisotopic (exact) mass is 1500 g/mol. The summed E-state index contributed by atoms with van der Waals surface area (Å²) >= 11 is 0. The predicted molar refractivity (Wildman–Crippen MR) is 427 cm³/mol. The third-order valence-corrected chi connectivity index (χ3v) is 19.1. The minimum absolute atomic E-state index is 0.0340. The van der Waals surface area contributed by atoms with E-state index >= 15 is 0 Å². The maximum absolute atomic E-state index is 13.1. The Hall–Kier alpha value is -4.28. The summed E-state index contributed by atoms with van der Waals surface area (Å²) in [6, 6.07) is 0. The molecule has 0 amide bonds. The van der Waals surface area contributed by atoms with Gasteiger partial charge < -0.3 is 33.8 Å². The lowest BCUT2D eigenvalue weighted by Gasteiger charge is -2.21. The third-order valence-electron chi connectivity index (χ3n) is 17.2. The number of aliphatic hydroxyl groups excluding tert-OH is 1. The Bertz CT molecular complexity index is 2390. The molecule has 0 aliphatic heterocycles. The first-order valence-corrected chi connectivity index (χ1v) is 44.1. The molecule has 0 aliphatic carbocycles. The topological polar surface area (TPSA) is 237 Å². The summed E-state index contributed by atoms with van der Waals surface area (Å²) in [5.41, 5.74) is 0. The number of esters is 4. The lowest BCUT2D eigenvalue weighted by molar-refractivity contribution is -0.161. The number of aliphatic hydroxyl groups is 1. The summed E-state index contributed by atoms with van der Waals surface area (Å²) in [4.78, 5) is 73.0. The van der Waals surface area contributed by atoms with E-state index in [1.807, 2.05) is 12.2 Å². The number of hydrogen-bond donors (Lipinski definition) is 3. The molecule has 5 atom stereocenters. The highest BCUT2D eigenvalue weighted by atomic mass is 31.2. The zero-order chi connectivity index (χ0) is 76.0. The summed E-state index contributed by atoms with van der Waals surface area (Å²) in [7, 11) is -9.98. The molecule has 19 heteroatoms. The fourth-order valence-electron chi connectivity index (χ4n) is 10.9. The second-order valence-electron chi connectivity index (χ2n) is 27.3. The van der Waals surface area contributed by atoms with Crippen LogP contribution < -0.4 is 0 Å². The molecule has 0 saturated heterocycles. The van der Waals surface area contributed by atoms with Gasteiger partial charge in [-0.15, -0.1) is 0 Å². The van der Waals surface area contributed by atoms with Crippen molar-refractivity contribution in [2.75, 3.05) is 39.6 Å². The molecule has 0 aromatic rings. The molecule has 0 spiro atoms. The summed E-state index contributed by atoms with van der Waals surface area (Å²) in [6.45, 7) is 4.73. The molecule has 0 bridgehead atoms. The van der Waals surface area contributed by atoms with E-state index in [1.54, 1.807) is 0 Å². The van der Waals surface area contributed by atoms with E-state index in [9.17, 15) is 43.2 Å². The average molecular weight is 1500 g/mol. The van der Waals surface area contributed by atoms with Crippen molar-refractivity contribution < 1.29 is 80.2 Å². The zero-order valence-corrected chi connectivity index (χ0v) is 67.5. The fourth-order valence-corrected chi connectivity index (χ4v) is 12.4. The van der Waals surface area contributed by atoms with Gasteiger partial charge >= 0.3 is 39.5 Å². The van der Waals surface area contributed by atoms with E-state index in [-0.39, 0.29) is 25.7 Å². The van der Waals surface area contributed by atoms with Crippen molar-refractivity contribution >= 4 is 39.5 Å². The van der Waals surface area contributed by atoms with Gasteiger partial charge in [0.05, 0.1) is 26.4 Å². The van der Waals surface area contributed by atoms with Crippen LogP contribution in [0.4, 0.5) is 0 Å². The molecule has 2 unspecified atom stereocenters. The molecule has 0 aliphatic rings. The van der Waals surface area contributed by atoms with Crippen LogP contribution in [0, 0.1) is 0 Å². The van der Waals surface area contributed by atoms with Gasteiger partial charge in [0, 0.05) is 25.7 Å². The van der Waals surface area contributed by atoms with Gasteiger partial charge in [0.15, 0.2) is 12.2 Å². The lowest BCUT2D eigenvalue weighted by Crippen LogP contribution is -2.30. The van der Waals surface area contributed by atoms with Crippen LogP contribution in [-0.2, 0) is 65.4 Å². The smallest absolute Gasteiger partial charge is 0.462 e. The molecule has 3 N–H and O–H groups in total. The minimum atomic E-state index is -5.00. The molecular formula is C85H148O17P2. The molecule has 104 heavy (non-hydrogen) atoms. The molecular weight excluding hydrogens is 1350 g/mol. The average Bonchev–Trinajstić information content (AvgIpc) is 0.918. The van der Waals surface area contributed by atoms with Crippen LogP contribution in [0.2, 0.25) is 0 Å². The van der Waals surface area contributed by atoms with E-state index in [0.717, 1.165) is 161 Å². The number of unbranched alkanes of at least 4 members (excludes halogenated alkanes) is 33. The van der Waals surface area contributed by atoms with Crippen LogP contribution in [0.1, 0.15) is 349 Å². The number of carbonyl (C=O) groups is 4. The van der Waals surface area contributed by atoms with E-state index in [4.69, 9.17) is 37.0 Å². The molecule has 17 nitrogen and oxygen atoms in total. The zero-order valence-electron chi connectivity index (χ0n) is 65.7. The second-order valence-corrected chi connectivity index (χ2v) is 30.3. The Kier molecular flexibility index (Phi) is 73.7. The van der Waals surface area contributed by atoms with Crippen LogP contribution in [0.5, 0.6) is 0 Å². The molecule has 0 aromatic carbocycles. The maximum Gasteiger partial charge on any atom is 0.472 e. The largest absolute Gasteiger partial charge is 0.472 e. The van der Waals surface area contributed by atoms with Crippen molar-refractivity contribution in [2.24, 2.45) is 0 Å². The molecule has 0 saturated carbocycles. The number of ether oxygens (including phenoxy) is 4. The van der Waals surface area contributed by atoms with Crippen molar-refractivity contribution in [1.82, 2.24) is 0 Å². The first-order chi connectivity index (χ1) is 50.7. The first-order valence-electron chi connectivity index (χ1n) is 41.1. The van der Waals surface area contributed by atoms with Crippen molar-refractivity contribution in [3.8, 4) is 0 Å². The molecule has 0 fully saturated rings. The van der Waals surface area contributed by atoms with E-state index < -0.39 is 97.5 Å². The minimum Gasteiger partial charge on any atom is -0.462 e. The van der Waals surface area contributed by atoms with Crippen LogP contribution in [0.15, 0.2) is 109 Å². The Balaban J connectivity index is 5.43. The molecule has 0 rings (SSSR count). The van der Waals surface area contributed by atoms with Crippen molar-refractivity contribution in [2.45, 2.75) is 367 Å². The number of phosphoric ester groups is 2. The number of carbonyl (C=O) groups excluding carboxylic acids is 4. The van der Waals surface area contributed by atoms with Gasteiger partial charge in [-0.25, -0.2) is 9.13 Å². The lowest BCUT2D eigenvalue weighted by atomic mass is 10.1. The first kappa shape index (κ1) is 99.7. The number of phosphoric acid groups is 2. The molecule has 0 aromatic heterocycles. The summed E-state index contributed by atoms with van der Waals surface area (Å²) in [5.74, 6) is -2.29. The van der Waals surface area contributed by atoms with E-state index in [1.165, 1.54) is 103 Å². The SMILES string of the molecule is CCCCC/C=C\C/C=C\C/C=C\C/C=C\C/C=C\CCC(=O)OC[C@H](COP(=O)(O)OC[C@@H](O)COP(=O)(O)OC[C@@H](COC(=O)CCCCCCC/C=C\CCCCCCCC)OC(=O)CCCCCCCCC/C=C\CCCCCC)OC(=O)CCCCCCC/C=C\C/C=C\CCCCC. The number of hydrogen-bond acceptors (Lipinski definition) is 15. The Morgan fingerprint density at radius 2 is 0.490 bits per heavy atom. The molecule has 0 heterocycles. The van der Waals surface area contributed by atoms with Gasteiger partial charge in [0.25, 0.3) is 0 Å². The van der Waals surface area contributed by atoms with Gasteiger partial charge in [-0.05, 0) is 148 Å². The fraction of sp³-hybridized carbons (Fsp3) is 0.741. The van der Waals surface area contributed by atoms with Crippen molar-refractivity contribution in [3.05, 3.63) is 109 Å². The Morgan fingerprint density at radius 3 is 0.817 bits per heavy atom. The van der Waals surface area contributed by atoms with E-state index in [2.05, 4.69) is 125 Å². The van der Waals surface area contributed by atoms with Gasteiger partial charge in [0.2, 0.25) is 0 Å². The van der Waals surface area contributed by atoms with Gasteiger partial charge in [-0.3, -0.25) is 37.3 Å². The summed E-state index contributed by atoms with van der Waals surface area (Å²) in [6.07, 6.45) is 83.6. The highest BCUT2D eigenvalue weighted by Crippen LogP contribution is 2.45. The Labute approximate surface area is 632 Å². The van der Waals surface area contributed by atoms with Crippen LogP contribution in [0.3, 0.4) is 0 Å². The molecule has 0 radical (unpaired) electrons. The highest BCUT2D eigenvalue weighted by Gasteiger charge is 2.30. The summed E-state index contributed by atoms with van der Waals surface area (Å²) in [5, 5.41) is 10.6. The van der Waals surface area contributed by atoms with Crippen molar-refractivity contribution in [3.63, 3.8) is 0 Å². The standard InChI is InChI=1S/C85H148O17P2/c1-5-9-13-17-21-25-29-33-37-38-39-40-44-46-50-54-58-62-66-70-83(88)96-76-81(102-85(90)72-68-64-60-56-52-48-43-36-32-28-24-20-16-12-8-4)78-100-104(93,94)98-74-79(86)73-97-103(91,92)99-77-80(101-84(89)71-67-63-59-55-51-47-42-35-31-27-23-19-15-11-7-3)75-95-82(87)69-65-61-57-53-49-45-41-34-30-26-22-18-14-10-6-2/h21,24-25,27-28,31,33-34,36-37,39-41,43,46,50,58,62,79-81,86H,5-20,22-23,26,29-30,32,35,38,42,44-45,47-49,51-57,59-61,63-78H2,1-4H3,(H,91,92)(H,93,94)/b25-21-,28-24-,31-27-,37-33-,40-39-,41-34-,43-36-,50-46-,62-58-/t79-,80+,81+/m0/s1. The van der Waals surface area contributed by atoms with Crippen molar-refractivity contribution in [1.29, 1.82) is 0 Å². The number of rotatable bonds is 77. The Morgan fingerprint density at radius 1 is 0.269 bits per heavy atom. The third kappa shape index (κ3) is 75.9. The molecule has 600 valence electrons. The predicted octanol–water partition coefficient (Wildman–Crippen LogP) is 24.1. The number of allylic oxidation sites excluding steroid dienone is 18. The summed E-state index contributed by atoms with van der Waals surface area (Å²) < 4.78 is 68.6. The van der Waals surface area contributed by atoms with Crippen LogP contribution in [-0.4, -0.2) is 96.7 Å². The highest BCUT2D eigenvalue weighted by molar-refractivity contribution is 7.47. The van der Waals surface area contributed by atoms with Gasteiger partial charge in [0.1, 0.15) is 19.3 Å².